The fourth-order valence-electron chi connectivity index (χ4n) is 3.42. The zero-order valence-electron chi connectivity index (χ0n) is 15.3. The smallest absolute Gasteiger partial charge is 0.233 e. The fourth-order valence-corrected chi connectivity index (χ4v) is 3.42. The van der Waals surface area contributed by atoms with Crippen molar-refractivity contribution in [2.75, 3.05) is 26.8 Å². The van der Waals surface area contributed by atoms with Crippen molar-refractivity contribution in [1.29, 1.82) is 0 Å². The Bertz CT molecular complexity index is 702. The highest BCUT2D eigenvalue weighted by Crippen LogP contribution is 2.34. The summed E-state index contributed by atoms with van der Waals surface area (Å²) in [6.45, 7) is 0.813. The predicted octanol–water partition coefficient (Wildman–Crippen LogP) is 1.53. The van der Waals surface area contributed by atoms with E-state index in [0.717, 1.165) is 5.75 Å². The minimum atomic E-state index is -0.247. The minimum absolute atomic E-state index is 0.104. The lowest BCUT2D eigenvalue weighted by molar-refractivity contribution is -0.140. The number of carbonyl (C=O) groups excluding carboxylic acids is 3. The Kier molecular flexibility index (Phi) is 6.11. The first-order chi connectivity index (χ1) is 13.1. The maximum Gasteiger partial charge on any atom is 0.233 e. The molecule has 27 heavy (non-hydrogen) atoms. The van der Waals surface area contributed by atoms with Crippen LogP contribution in [0, 0.1) is 11.8 Å². The number of rotatable bonds is 8. The van der Waals surface area contributed by atoms with Gasteiger partial charge in [-0.05, 0) is 37.1 Å². The summed E-state index contributed by atoms with van der Waals surface area (Å²) in [6, 6.07) is 7.18. The van der Waals surface area contributed by atoms with E-state index in [9.17, 15) is 14.4 Å². The summed E-state index contributed by atoms with van der Waals surface area (Å²) in [5.41, 5.74) is 0. The summed E-state index contributed by atoms with van der Waals surface area (Å²) in [6.07, 6.45) is 5.23. The number of amides is 3. The number of hydrogen-bond acceptors (Lipinski definition) is 5. The number of imide groups is 1. The highest BCUT2D eigenvalue weighted by atomic mass is 16.5. The molecule has 7 nitrogen and oxygen atoms in total. The van der Waals surface area contributed by atoms with Crippen LogP contribution in [0.1, 0.15) is 19.3 Å². The standard InChI is InChI=1S/C20H24N2O5/c1-26-14-6-8-15(9-7-14)27-13-11-21-18(23)10-12-22-19(24)16-4-2-3-5-17(16)20(22)25/h2-3,6-9,16-17H,4-5,10-13H2,1H3,(H,21,23)/t16-,17+. The van der Waals surface area contributed by atoms with Crippen molar-refractivity contribution in [1.82, 2.24) is 10.2 Å². The Labute approximate surface area is 158 Å². The quantitative estimate of drug-likeness (QED) is 0.425. The first-order valence-corrected chi connectivity index (χ1v) is 9.14. The monoisotopic (exact) mass is 372 g/mol. The van der Waals surface area contributed by atoms with Crippen LogP contribution < -0.4 is 14.8 Å². The maximum absolute atomic E-state index is 12.3. The lowest BCUT2D eigenvalue weighted by Crippen LogP contribution is -2.36. The normalized spacial score (nSPS) is 21.1. The molecule has 2 aliphatic rings. The van der Waals surface area contributed by atoms with Crippen LogP contribution in [0.15, 0.2) is 36.4 Å². The number of benzene rings is 1. The molecule has 1 fully saturated rings. The Morgan fingerprint density at radius 2 is 1.67 bits per heavy atom. The van der Waals surface area contributed by atoms with Gasteiger partial charge in [0.05, 0.1) is 25.5 Å². The van der Waals surface area contributed by atoms with Gasteiger partial charge in [0, 0.05) is 13.0 Å². The van der Waals surface area contributed by atoms with Crippen molar-refractivity contribution >= 4 is 17.7 Å². The molecule has 3 rings (SSSR count). The first-order valence-electron chi connectivity index (χ1n) is 9.14. The first kappa shape index (κ1) is 18.9. The van der Waals surface area contributed by atoms with E-state index >= 15 is 0 Å². The van der Waals surface area contributed by atoms with Gasteiger partial charge in [0.15, 0.2) is 0 Å². The molecule has 1 aromatic rings. The number of hydrogen-bond donors (Lipinski definition) is 1. The number of ether oxygens (including phenoxy) is 2. The van der Waals surface area contributed by atoms with E-state index in [1.807, 2.05) is 12.2 Å². The number of methoxy groups -OCH3 is 1. The van der Waals surface area contributed by atoms with Gasteiger partial charge in [-0.15, -0.1) is 0 Å². The second-order valence-electron chi connectivity index (χ2n) is 6.61. The van der Waals surface area contributed by atoms with Gasteiger partial charge in [-0.3, -0.25) is 19.3 Å². The molecule has 0 radical (unpaired) electrons. The van der Waals surface area contributed by atoms with E-state index in [-0.39, 0.29) is 42.5 Å². The van der Waals surface area contributed by atoms with Gasteiger partial charge in [0.25, 0.3) is 0 Å². The highest BCUT2D eigenvalue weighted by Gasteiger charge is 2.46. The molecule has 0 saturated carbocycles. The van der Waals surface area contributed by atoms with Crippen molar-refractivity contribution in [2.45, 2.75) is 19.3 Å². The molecule has 1 aliphatic carbocycles. The molecule has 1 aromatic carbocycles. The van der Waals surface area contributed by atoms with Crippen molar-refractivity contribution < 1.29 is 23.9 Å². The maximum atomic E-state index is 12.3. The van der Waals surface area contributed by atoms with Gasteiger partial charge in [0.1, 0.15) is 18.1 Å². The molecule has 1 heterocycles. The molecule has 1 N–H and O–H groups in total. The second-order valence-corrected chi connectivity index (χ2v) is 6.61. The van der Waals surface area contributed by atoms with Gasteiger partial charge in [-0.2, -0.15) is 0 Å². The summed E-state index contributed by atoms with van der Waals surface area (Å²) < 4.78 is 10.6. The third-order valence-corrected chi connectivity index (χ3v) is 4.91. The molecule has 1 saturated heterocycles. The molecule has 1 aliphatic heterocycles. The molecule has 0 bridgehead atoms. The van der Waals surface area contributed by atoms with Crippen LogP contribution in [0.3, 0.4) is 0 Å². The van der Waals surface area contributed by atoms with Gasteiger partial charge in [-0.1, -0.05) is 12.2 Å². The number of carbonyl (C=O) groups is 3. The summed E-state index contributed by atoms with van der Waals surface area (Å²) in [5, 5.41) is 2.74. The van der Waals surface area contributed by atoms with Crippen LogP contribution in [-0.4, -0.2) is 49.4 Å². The molecular formula is C20H24N2O5. The van der Waals surface area contributed by atoms with E-state index in [1.54, 1.807) is 31.4 Å². The summed E-state index contributed by atoms with van der Waals surface area (Å²) in [5.74, 6) is 0.440. The molecule has 0 spiro atoms. The number of nitrogens with zero attached hydrogens (tertiary/aromatic N) is 1. The molecular weight excluding hydrogens is 348 g/mol. The average molecular weight is 372 g/mol. The van der Waals surface area contributed by atoms with Crippen LogP contribution in [0.4, 0.5) is 0 Å². The lowest BCUT2D eigenvalue weighted by atomic mass is 9.85. The molecule has 144 valence electrons. The van der Waals surface area contributed by atoms with Crippen molar-refractivity contribution in [3.05, 3.63) is 36.4 Å². The summed E-state index contributed by atoms with van der Waals surface area (Å²) >= 11 is 0. The number of nitrogens with one attached hydrogen (secondary N) is 1. The van der Waals surface area contributed by atoms with E-state index in [2.05, 4.69) is 5.32 Å². The Morgan fingerprint density at radius 1 is 1.07 bits per heavy atom. The van der Waals surface area contributed by atoms with Crippen LogP contribution >= 0.6 is 0 Å². The molecule has 7 heteroatoms. The number of fused-ring (bicyclic) bond motifs is 1. The summed E-state index contributed by atoms with van der Waals surface area (Å²) in [4.78, 5) is 37.9. The van der Waals surface area contributed by atoms with Crippen molar-refractivity contribution in [2.24, 2.45) is 11.8 Å². The Morgan fingerprint density at radius 3 is 2.26 bits per heavy atom. The van der Waals surface area contributed by atoms with Gasteiger partial charge in [0.2, 0.25) is 17.7 Å². The van der Waals surface area contributed by atoms with Crippen LogP contribution in [0.5, 0.6) is 11.5 Å². The molecule has 2 atom stereocenters. The average Bonchev–Trinajstić information content (AvgIpc) is 2.94. The van der Waals surface area contributed by atoms with E-state index in [1.165, 1.54) is 4.90 Å². The Hall–Kier alpha value is -2.83. The third-order valence-electron chi connectivity index (χ3n) is 4.91. The molecule has 0 aromatic heterocycles. The van der Waals surface area contributed by atoms with Gasteiger partial charge < -0.3 is 14.8 Å². The zero-order valence-corrected chi connectivity index (χ0v) is 15.3. The number of likely N-dealkylation sites (tertiary alicyclic amines) is 1. The fraction of sp³-hybridized carbons (Fsp3) is 0.450. The molecule has 3 amide bonds. The highest BCUT2D eigenvalue weighted by molar-refractivity contribution is 6.05. The van der Waals surface area contributed by atoms with E-state index in [0.29, 0.717) is 31.7 Å². The van der Waals surface area contributed by atoms with Crippen LogP contribution in [-0.2, 0) is 14.4 Å². The van der Waals surface area contributed by atoms with Gasteiger partial charge in [-0.25, -0.2) is 0 Å². The second kappa shape index (κ2) is 8.70. The largest absolute Gasteiger partial charge is 0.497 e. The van der Waals surface area contributed by atoms with Crippen molar-refractivity contribution in [3.63, 3.8) is 0 Å². The van der Waals surface area contributed by atoms with Crippen LogP contribution in [0.2, 0.25) is 0 Å². The van der Waals surface area contributed by atoms with Gasteiger partial charge >= 0.3 is 0 Å². The predicted molar refractivity (Wildman–Crippen MR) is 98.2 cm³/mol. The molecule has 0 unspecified atom stereocenters. The zero-order chi connectivity index (χ0) is 19.2. The van der Waals surface area contributed by atoms with Crippen molar-refractivity contribution in [3.8, 4) is 11.5 Å². The number of allylic oxidation sites excluding steroid dienone is 2. The SMILES string of the molecule is COc1ccc(OCCNC(=O)CCN2C(=O)[C@H]3CC=CC[C@H]3C2=O)cc1. The Balaban J connectivity index is 1.36. The topological polar surface area (TPSA) is 84.9 Å². The lowest BCUT2D eigenvalue weighted by Gasteiger charge is -2.14. The minimum Gasteiger partial charge on any atom is -0.497 e. The third kappa shape index (κ3) is 4.48. The van der Waals surface area contributed by atoms with E-state index in [4.69, 9.17) is 9.47 Å². The summed E-state index contributed by atoms with van der Waals surface area (Å²) in [7, 11) is 1.60. The van der Waals surface area contributed by atoms with E-state index < -0.39 is 0 Å². The van der Waals surface area contributed by atoms with Crippen LogP contribution in [0.25, 0.3) is 0 Å².